The minimum Gasteiger partial charge on any atom is -0.361 e. The van der Waals surface area contributed by atoms with Gasteiger partial charge in [-0.3, -0.25) is 4.99 Å². The normalized spacial score (nSPS) is 14.6. The van der Waals surface area contributed by atoms with E-state index >= 15 is 0 Å². The number of allylic oxidation sites excluding steroid dienone is 4. The van der Waals surface area contributed by atoms with Crippen LogP contribution in [0.5, 0.6) is 0 Å². The van der Waals surface area contributed by atoms with Crippen LogP contribution in [0.1, 0.15) is 83.6 Å². The number of nitrogens with one attached hydrogen (secondary N) is 2. The van der Waals surface area contributed by atoms with E-state index in [2.05, 4.69) is 172 Å². The van der Waals surface area contributed by atoms with Crippen LogP contribution in [0.15, 0.2) is 161 Å². The summed E-state index contributed by atoms with van der Waals surface area (Å²) in [6.45, 7) is 19.0. The highest BCUT2D eigenvalue weighted by Gasteiger charge is 2.41. The highest BCUT2D eigenvalue weighted by atomic mass is 15.0. The maximum Gasteiger partial charge on any atom is 0.0932 e. The fourth-order valence-corrected chi connectivity index (χ4v) is 8.56. The molecule has 2 aliphatic rings. The third-order valence-corrected chi connectivity index (χ3v) is 11.1. The molecule has 2 aromatic heterocycles. The quantitative estimate of drug-likeness (QED) is 0.137. The molecule has 4 nitrogen and oxygen atoms in total. The topological polar surface area (TPSA) is 53.1 Å². The number of hydrogen-bond donors (Lipinski definition) is 2. The summed E-state index contributed by atoms with van der Waals surface area (Å²) in [6, 6.07) is 39.5. The number of nitrogens with zero attached hydrogens (tertiary/aromatic N) is 2. The number of pyridine rings is 1. The summed E-state index contributed by atoms with van der Waals surface area (Å²) >= 11 is 0. The highest BCUT2D eigenvalue weighted by Crippen LogP contribution is 2.47. The van der Waals surface area contributed by atoms with Crippen molar-refractivity contribution >= 4 is 23.7 Å². The number of fused-ring (bicyclic) bond motifs is 3. The molecule has 6 aromatic rings. The molecule has 2 N–H and O–H groups in total. The molecule has 0 fully saturated rings. The van der Waals surface area contributed by atoms with Crippen LogP contribution in [-0.4, -0.2) is 23.7 Å². The van der Waals surface area contributed by atoms with Crippen LogP contribution in [0.2, 0.25) is 0 Å². The van der Waals surface area contributed by atoms with Gasteiger partial charge in [-0.2, -0.15) is 0 Å². The van der Waals surface area contributed by atoms with Gasteiger partial charge in [0.2, 0.25) is 0 Å². The molecule has 290 valence electrons. The van der Waals surface area contributed by atoms with Gasteiger partial charge < -0.3 is 10.3 Å². The minimum absolute atomic E-state index is 0.122. The number of hydrogen-bond acceptors (Lipinski definition) is 3. The van der Waals surface area contributed by atoms with Gasteiger partial charge in [0.05, 0.1) is 22.4 Å². The molecule has 8 rings (SSSR count). The van der Waals surface area contributed by atoms with Crippen LogP contribution < -0.4 is 5.32 Å². The first-order chi connectivity index (χ1) is 27.9. The standard InChI is InChI=1S/C49H46N4.2C2H6/c1-32(2)46(48(50-4)40-18-10-9-15-33(40)3)49(51-5,38-16-7-6-8-17-38)39-30-36(34-24-26-35(27-25-34)44-23-14-28-52-44)29-37(31-39)47-43-21-13-20-41(43)42-19-11-12-22-45(42)53-47;2*1-2/h6-8,10-14,16-19,21-32,51-52H,4,9,15,20H2,1-3,5H3;2*1-2H3/b48-46-;;. The number of aromatic nitrogens is 2. The molecule has 4 heteroatoms. The largest absolute Gasteiger partial charge is 0.361 e. The molecule has 0 radical (unpaired) electrons. The fraction of sp³-hybridized carbons (Fsp3) is 0.245. The Morgan fingerprint density at radius 2 is 1.47 bits per heavy atom. The van der Waals surface area contributed by atoms with Crippen LogP contribution in [0.4, 0.5) is 0 Å². The van der Waals surface area contributed by atoms with Gasteiger partial charge >= 0.3 is 0 Å². The van der Waals surface area contributed by atoms with Gasteiger partial charge in [-0.1, -0.05) is 144 Å². The van der Waals surface area contributed by atoms with E-state index < -0.39 is 5.54 Å². The molecule has 1 atom stereocenters. The van der Waals surface area contributed by atoms with Gasteiger partial charge in [0.15, 0.2) is 0 Å². The Hall–Kier alpha value is -5.84. The Morgan fingerprint density at radius 3 is 2.14 bits per heavy atom. The van der Waals surface area contributed by atoms with Crippen LogP contribution in [-0.2, 0) is 12.0 Å². The molecule has 0 bridgehead atoms. The zero-order valence-electron chi connectivity index (χ0n) is 35.1. The SMILES string of the molecule is C=N/C(C1=C(C)CCC=C1)=C(/C(C)C)C(NC)(c1ccccc1)c1cc(-c2ccc(-c3ccc[nH]3)cc2)cc(-c2nc3ccccc3c3c2C=CC3)c1.CC.CC. The van der Waals surface area contributed by atoms with E-state index in [4.69, 9.17) is 9.98 Å². The van der Waals surface area contributed by atoms with Crippen molar-refractivity contribution in [2.24, 2.45) is 10.9 Å². The van der Waals surface area contributed by atoms with Crippen molar-refractivity contribution in [1.82, 2.24) is 15.3 Å². The smallest absolute Gasteiger partial charge is 0.0932 e. The van der Waals surface area contributed by atoms with Crippen molar-refractivity contribution in [1.29, 1.82) is 0 Å². The van der Waals surface area contributed by atoms with Gasteiger partial charge in [0.1, 0.15) is 0 Å². The van der Waals surface area contributed by atoms with Crippen molar-refractivity contribution in [3.63, 3.8) is 0 Å². The molecular weight excluding hydrogens is 693 g/mol. The summed E-state index contributed by atoms with van der Waals surface area (Å²) < 4.78 is 0. The maximum absolute atomic E-state index is 5.40. The Labute approximate surface area is 340 Å². The Balaban J connectivity index is 0.00000133. The third kappa shape index (κ3) is 7.80. The lowest BCUT2D eigenvalue weighted by Gasteiger charge is -2.41. The average molecular weight is 751 g/mol. The summed E-state index contributed by atoms with van der Waals surface area (Å²) in [5.41, 5.74) is 16.3. The molecule has 0 saturated heterocycles. The lowest BCUT2D eigenvalue weighted by atomic mass is 9.70. The number of aromatic amines is 1. The number of likely N-dealkylation sites (N-methyl/N-ethyl adjacent to an activating group) is 1. The maximum atomic E-state index is 5.40. The predicted molar refractivity (Wildman–Crippen MR) is 247 cm³/mol. The van der Waals surface area contributed by atoms with E-state index in [9.17, 15) is 0 Å². The second-order valence-electron chi connectivity index (χ2n) is 14.5. The minimum atomic E-state index is -0.755. The summed E-state index contributed by atoms with van der Waals surface area (Å²) in [4.78, 5) is 13.6. The second-order valence-corrected chi connectivity index (χ2v) is 14.5. The molecule has 57 heavy (non-hydrogen) atoms. The summed E-state index contributed by atoms with van der Waals surface area (Å²) in [5.74, 6) is 0.122. The number of aliphatic imine (C=N–C) groups is 1. The first-order valence-corrected chi connectivity index (χ1v) is 20.7. The van der Waals surface area contributed by atoms with Gasteiger partial charge in [0.25, 0.3) is 0 Å². The lowest BCUT2D eigenvalue weighted by Crippen LogP contribution is -2.45. The second kappa shape index (κ2) is 18.4. The van der Waals surface area contributed by atoms with Gasteiger partial charge in [-0.05, 0) is 127 Å². The monoisotopic (exact) mass is 750 g/mol. The Bertz CT molecular complexity index is 2440. The van der Waals surface area contributed by atoms with Crippen molar-refractivity contribution in [2.75, 3.05) is 7.05 Å². The summed E-state index contributed by atoms with van der Waals surface area (Å²) in [7, 11) is 2.08. The van der Waals surface area contributed by atoms with Crippen molar-refractivity contribution < 1.29 is 0 Å². The molecule has 1 unspecified atom stereocenters. The van der Waals surface area contributed by atoms with Crippen LogP contribution in [0.3, 0.4) is 0 Å². The molecule has 0 saturated carbocycles. The van der Waals surface area contributed by atoms with Crippen molar-refractivity contribution in [3.05, 3.63) is 178 Å². The first kappa shape index (κ1) is 40.8. The van der Waals surface area contributed by atoms with Gasteiger partial charge in [-0.15, -0.1) is 0 Å². The van der Waals surface area contributed by atoms with Crippen LogP contribution >= 0.6 is 0 Å². The zero-order valence-corrected chi connectivity index (χ0v) is 35.1. The molecule has 2 heterocycles. The van der Waals surface area contributed by atoms with Crippen LogP contribution in [0.25, 0.3) is 50.6 Å². The van der Waals surface area contributed by atoms with E-state index in [1.165, 1.54) is 33.2 Å². The Kier molecular flexibility index (Phi) is 13.2. The summed E-state index contributed by atoms with van der Waals surface area (Å²) in [5, 5.41) is 5.15. The third-order valence-electron chi connectivity index (χ3n) is 11.1. The van der Waals surface area contributed by atoms with Gasteiger partial charge in [0, 0.05) is 28.4 Å². The highest BCUT2D eigenvalue weighted by molar-refractivity contribution is 5.93. The molecule has 0 spiro atoms. The number of benzene rings is 4. The molecule has 0 aliphatic heterocycles. The van der Waals surface area contributed by atoms with E-state index in [-0.39, 0.29) is 5.92 Å². The van der Waals surface area contributed by atoms with E-state index in [0.717, 1.165) is 75.2 Å². The van der Waals surface area contributed by atoms with Gasteiger partial charge in [-0.25, -0.2) is 4.98 Å². The number of para-hydroxylation sites is 1. The van der Waals surface area contributed by atoms with Crippen molar-refractivity contribution in [2.45, 2.75) is 73.3 Å². The average Bonchev–Trinajstić information content (AvgIpc) is 4.00. The fourth-order valence-electron chi connectivity index (χ4n) is 8.56. The summed E-state index contributed by atoms with van der Waals surface area (Å²) in [6.07, 6.45) is 14.0. The van der Waals surface area contributed by atoms with Crippen molar-refractivity contribution in [3.8, 4) is 33.6 Å². The molecular formula is C53H58N4. The molecule has 0 amide bonds. The molecule has 2 aliphatic carbocycles. The van der Waals surface area contributed by atoms with E-state index in [0.29, 0.717) is 0 Å². The van der Waals surface area contributed by atoms with E-state index in [1.807, 2.05) is 40.0 Å². The zero-order chi connectivity index (χ0) is 40.5. The Morgan fingerprint density at radius 1 is 0.772 bits per heavy atom. The number of H-pyrrole nitrogens is 1. The predicted octanol–water partition coefficient (Wildman–Crippen LogP) is 13.9. The van der Waals surface area contributed by atoms with Crippen LogP contribution in [0, 0.1) is 5.92 Å². The lowest BCUT2D eigenvalue weighted by molar-refractivity contribution is 0.459. The molecule has 4 aromatic carbocycles. The first-order valence-electron chi connectivity index (χ1n) is 20.7. The number of rotatable bonds is 10. The van der Waals surface area contributed by atoms with E-state index in [1.54, 1.807) is 0 Å².